The Morgan fingerprint density at radius 3 is 2.71 bits per heavy atom. The number of pyridine rings is 1. The second-order valence-corrected chi connectivity index (χ2v) is 4.87. The number of nitrogens with zero attached hydrogens (tertiary/aromatic N) is 2. The molecule has 0 aromatic carbocycles. The lowest BCUT2D eigenvalue weighted by atomic mass is 10.3. The highest BCUT2D eigenvalue weighted by atomic mass is 32.2. The molecule has 1 amide bonds. The summed E-state index contributed by atoms with van der Waals surface area (Å²) in [5.74, 6) is -3.29. The number of hydrogen-bond donors (Lipinski definition) is 1. The normalized spacial score (nSPS) is 18.9. The minimum absolute atomic E-state index is 0.326. The van der Waals surface area contributed by atoms with E-state index in [0.717, 1.165) is 12.3 Å². The second kappa shape index (κ2) is 3.48. The minimum atomic E-state index is -4.52. The molecule has 2 rings (SSSR count). The zero-order chi connectivity index (χ0) is 12.8. The average Bonchev–Trinajstić information content (AvgIpc) is 2.47. The molecule has 17 heavy (non-hydrogen) atoms. The van der Waals surface area contributed by atoms with Gasteiger partial charge in [0.15, 0.2) is 5.03 Å². The predicted octanol–water partition coefficient (Wildman–Crippen LogP) is -0.394. The number of halogens is 1. The van der Waals surface area contributed by atoms with Gasteiger partial charge in [-0.05, 0) is 12.1 Å². The Kier molecular flexibility index (Phi) is 2.35. The summed E-state index contributed by atoms with van der Waals surface area (Å²) >= 11 is 0. The first-order valence-corrected chi connectivity index (χ1v) is 5.72. The van der Waals surface area contributed by atoms with Crippen molar-refractivity contribution in [2.75, 3.05) is 0 Å². The van der Waals surface area contributed by atoms with E-state index in [2.05, 4.69) is 4.98 Å². The summed E-state index contributed by atoms with van der Waals surface area (Å²) in [6, 6.07) is 2.43. The summed E-state index contributed by atoms with van der Waals surface area (Å²) in [5, 5.41) is 7.79. The molecule has 1 aromatic heterocycles. The van der Waals surface area contributed by atoms with Gasteiger partial charge in [-0.1, -0.05) is 0 Å². The Balaban J connectivity index is 2.63. The van der Waals surface area contributed by atoms with Gasteiger partial charge in [0, 0.05) is 6.20 Å². The molecule has 1 unspecified atom stereocenters. The van der Waals surface area contributed by atoms with Crippen molar-refractivity contribution in [3.8, 4) is 0 Å². The second-order valence-electron chi connectivity index (χ2n) is 3.14. The number of carbonyl (C=O) groups is 2. The van der Waals surface area contributed by atoms with Crippen molar-refractivity contribution < 1.29 is 27.5 Å². The smallest absolute Gasteiger partial charge is 0.360 e. The Morgan fingerprint density at radius 1 is 1.53 bits per heavy atom. The first kappa shape index (κ1) is 11.5. The lowest BCUT2D eigenvalue weighted by Crippen LogP contribution is -2.41. The lowest BCUT2D eigenvalue weighted by molar-refractivity contribution is -0.146. The SMILES string of the molecule is O=C(O)C(F)N1C(=O)c2cccnc2S1(=O)=O. The van der Waals surface area contributed by atoms with E-state index < -0.39 is 33.2 Å². The molecule has 1 aromatic rings. The Labute approximate surface area is 94.5 Å². The molecule has 0 saturated carbocycles. The highest BCUT2D eigenvalue weighted by Gasteiger charge is 2.49. The Morgan fingerprint density at radius 2 is 2.18 bits per heavy atom. The molecular weight excluding hydrogens is 255 g/mol. The molecule has 1 aliphatic heterocycles. The van der Waals surface area contributed by atoms with Gasteiger partial charge in [-0.3, -0.25) is 4.79 Å². The van der Waals surface area contributed by atoms with Crippen LogP contribution in [0.25, 0.3) is 0 Å². The van der Waals surface area contributed by atoms with Crippen LogP contribution in [0.4, 0.5) is 4.39 Å². The van der Waals surface area contributed by atoms with E-state index in [1.807, 2.05) is 0 Å². The van der Waals surface area contributed by atoms with Crippen molar-refractivity contribution in [2.45, 2.75) is 11.3 Å². The summed E-state index contributed by atoms with van der Waals surface area (Å²) in [7, 11) is -4.52. The van der Waals surface area contributed by atoms with Gasteiger partial charge in [0.2, 0.25) is 0 Å². The van der Waals surface area contributed by atoms with Crippen molar-refractivity contribution in [2.24, 2.45) is 0 Å². The van der Waals surface area contributed by atoms with E-state index in [9.17, 15) is 22.4 Å². The summed E-state index contributed by atoms with van der Waals surface area (Å²) in [6.45, 7) is 0. The predicted molar refractivity (Wildman–Crippen MR) is 50.1 cm³/mol. The molecule has 9 heteroatoms. The maximum Gasteiger partial charge on any atom is 0.360 e. The van der Waals surface area contributed by atoms with E-state index >= 15 is 0 Å². The fourth-order valence-corrected chi connectivity index (χ4v) is 2.87. The number of fused-ring (bicyclic) bond motifs is 1. The van der Waals surface area contributed by atoms with Crippen LogP contribution in [0.3, 0.4) is 0 Å². The van der Waals surface area contributed by atoms with Crippen LogP contribution >= 0.6 is 0 Å². The van der Waals surface area contributed by atoms with Gasteiger partial charge in [-0.15, -0.1) is 0 Å². The monoisotopic (exact) mass is 260 g/mol. The van der Waals surface area contributed by atoms with Gasteiger partial charge in [-0.25, -0.2) is 14.2 Å². The largest absolute Gasteiger partial charge is 0.478 e. The molecule has 1 N–H and O–H groups in total. The molecule has 7 nitrogen and oxygen atoms in total. The van der Waals surface area contributed by atoms with Gasteiger partial charge in [0.05, 0.1) is 5.56 Å². The third-order valence-corrected chi connectivity index (χ3v) is 3.80. The number of aliphatic carboxylic acids is 1. The van der Waals surface area contributed by atoms with Crippen LogP contribution < -0.4 is 0 Å². The number of carboxylic acid groups (broad SMARTS) is 1. The first-order chi connectivity index (χ1) is 7.87. The highest BCUT2D eigenvalue weighted by molar-refractivity contribution is 7.90. The van der Waals surface area contributed by atoms with Crippen molar-refractivity contribution in [3.63, 3.8) is 0 Å². The van der Waals surface area contributed by atoms with Crippen LogP contribution in [-0.4, -0.2) is 41.0 Å². The van der Waals surface area contributed by atoms with Crippen molar-refractivity contribution in [1.82, 2.24) is 9.29 Å². The lowest BCUT2D eigenvalue weighted by Gasteiger charge is -2.15. The van der Waals surface area contributed by atoms with Crippen LogP contribution in [0.2, 0.25) is 0 Å². The summed E-state index contributed by atoms with van der Waals surface area (Å²) in [6.07, 6.45) is -1.84. The molecule has 0 radical (unpaired) electrons. The zero-order valence-electron chi connectivity index (χ0n) is 8.07. The molecule has 0 bridgehead atoms. The van der Waals surface area contributed by atoms with Gasteiger partial charge in [0.1, 0.15) is 0 Å². The molecule has 90 valence electrons. The van der Waals surface area contributed by atoms with Crippen LogP contribution in [-0.2, 0) is 14.8 Å². The summed E-state index contributed by atoms with van der Waals surface area (Å²) < 4.78 is 36.3. The fraction of sp³-hybridized carbons (Fsp3) is 0.125. The quantitative estimate of drug-likeness (QED) is 0.726. The number of alkyl halides is 1. The number of rotatable bonds is 2. The topological polar surface area (TPSA) is 105 Å². The Hall–Kier alpha value is -2.03. The molecule has 0 saturated heterocycles. The van der Waals surface area contributed by atoms with E-state index in [1.165, 1.54) is 6.07 Å². The van der Waals surface area contributed by atoms with Crippen LogP contribution in [0.5, 0.6) is 0 Å². The number of hydrogen-bond acceptors (Lipinski definition) is 5. The molecule has 0 spiro atoms. The fourth-order valence-electron chi connectivity index (χ4n) is 1.41. The number of carbonyl (C=O) groups excluding carboxylic acids is 1. The van der Waals surface area contributed by atoms with E-state index in [4.69, 9.17) is 5.11 Å². The third kappa shape index (κ3) is 1.46. The van der Waals surface area contributed by atoms with Gasteiger partial charge in [0.25, 0.3) is 22.2 Å². The molecule has 1 aliphatic rings. The summed E-state index contributed by atoms with van der Waals surface area (Å²) in [5.41, 5.74) is -0.337. The van der Waals surface area contributed by atoms with Crippen LogP contribution in [0.15, 0.2) is 23.4 Å². The molecule has 2 heterocycles. The molecular formula is C8H5FN2O5S. The van der Waals surface area contributed by atoms with Crippen molar-refractivity contribution >= 4 is 21.9 Å². The summed E-state index contributed by atoms with van der Waals surface area (Å²) in [4.78, 5) is 25.4. The van der Waals surface area contributed by atoms with E-state index in [-0.39, 0.29) is 9.87 Å². The van der Waals surface area contributed by atoms with Crippen LogP contribution in [0, 0.1) is 0 Å². The molecule has 0 fully saturated rings. The van der Waals surface area contributed by atoms with Crippen LogP contribution in [0.1, 0.15) is 10.4 Å². The number of amides is 1. The first-order valence-electron chi connectivity index (χ1n) is 4.28. The standard InChI is InChI=1S/C8H5FN2O5S/c9-5(8(13)14)11-7(12)4-2-1-3-10-6(4)17(11,15)16/h1-3,5H,(H,13,14). The van der Waals surface area contributed by atoms with Gasteiger partial charge in [-0.2, -0.15) is 12.7 Å². The van der Waals surface area contributed by atoms with E-state index in [0.29, 0.717) is 0 Å². The minimum Gasteiger partial charge on any atom is -0.478 e. The van der Waals surface area contributed by atoms with Gasteiger partial charge < -0.3 is 5.11 Å². The molecule has 1 atom stereocenters. The molecule has 0 aliphatic carbocycles. The maximum atomic E-state index is 13.2. The zero-order valence-corrected chi connectivity index (χ0v) is 8.89. The highest BCUT2D eigenvalue weighted by Crippen LogP contribution is 2.30. The number of carboxylic acids is 1. The van der Waals surface area contributed by atoms with Crippen molar-refractivity contribution in [1.29, 1.82) is 0 Å². The third-order valence-electron chi connectivity index (χ3n) is 2.11. The van der Waals surface area contributed by atoms with Crippen molar-refractivity contribution in [3.05, 3.63) is 23.9 Å². The number of sulfonamides is 1. The number of aromatic nitrogens is 1. The van der Waals surface area contributed by atoms with Gasteiger partial charge >= 0.3 is 5.97 Å². The average molecular weight is 260 g/mol. The Bertz CT molecular complexity index is 614. The van der Waals surface area contributed by atoms with E-state index in [1.54, 1.807) is 0 Å². The maximum absolute atomic E-state index is 13.2.